The summed E-state index contributed by atoms with van der Waals surface area (Å²) in [5, 5.41) is 8.94. The van der Waals surface area contributed by atoms with Crippen LogP contribution in [0.15, 0.2) is 34.2 Å². The monoisotopic (exact) mass is 282 g/mol. The van der Waals surface area contributed by atoms with Crippen molar-refractivity contribution in [1.29, 1.82) is 0 Å². The Morgan fingerprint density at radius 2 is 2.11 bits per heavy atom. The molecular weight excluding hydrogens is 264 g/mol. The molecule has 1 heterocycles. The van der Waals surface area contributed by atoms with Crippen LogP contribution in [0.25, 0.3) is 0 Å². The number of aliphatic hydroxyl groups excluding tert-OH is 1. The summed E-state index contributed by atoms with van der Waals surface area (Å²) in [4.78, 5) is 4.65. The van der Waals surface area contributed by atoms with Gasteiger partial charge in [0.1, 0.15) is 5.84 Å². The van der Waals surface area contributed by atoms with E-state index in [1.165, 1.54) is 0 Å². The van der Waals surface area contributed by atoms with Crippen LogP contribution in [-0.2, 0) is 10.0 Å². The van der Waals surface area contributed by atoms with Gasteiger partial charge in [0.15, 0.2) is 0 Å². The van der Waals surface area contributed by atoms with Crippen molar-refractivity contribution in [1.82, 2.24) is 4.72 Å². The molecule has 1 unspecified atom stereocenters. The normalized spacial score (nSPS) is 20.0. The largest absolute Gasteiger partial charge is 0.396 e. The van der Waals surface area contributed by atoms with E-state index < -0.39 is 10.0 Å². The van der Waals surface area contributed by atoms with Gasteiger partial charge in [-0.1, -0.05) is 25.5 Å². The van der Waals surface area contributed by atoms with Crippen LogP contribution in [0.3, 0.4) is 0 Å². The van der Waals surface area contributed by atoms with Crippen molar-refractivity contribution in [2.24, 2.45) is 10.9 Å². The SMILES string of the molecule is CCC(CCO)CN=C1NS(=O)(=O)c2ccccc21. The highest BCUT2D eigenvalue weighted by Crippen LogP contribution is 2.22. The third-order valence-corrected chi connectivity index (χ3v) is 4.68. The Morgan fingerprint density at radius 3 is 2.79 bits per heavy atom. The first kappa shape index (κ1) is 14.0. The maximum absolute atomic E-state index is 11.9. The molecule has 1 aromatic carbocycles. The van der Waals surface area contributed by atoms with Crippen LogP contribution in [0.5, 0.6) is 0 Å². The molecule has 1 aliphatic rings. The van der Waals surface area contributed by atoms with Gasteiger partial charge < -0.3 is 5.11 Å². The molecule has 5 nitrogen and oxygen atoms in total. The van der Waals surface area contributed by atoms with Gasteiger partial charge in [-0.3, -0.25) is 9.71 Å². The minimum Gasteiger partial charge on any atom is -0.396 e. The summed E-state index contributed by atoms with van der Waals surface area (Å²) in [5.74, 6) is 0.682. The van der Waals surface area contributed by atoms with E-state index in [-0.39, 0.29) is 17.4 Å². The number of amidine groups is 1. The number of aliphatic hydroxyl groups is 1. The summed E-state index contributed by atoms with van der Waals surface area (Å²) in [6, 6.07) is 6.81. The van der Waals surface area contributed by atoms with Crippen LogP contribution in [0.1, 0.15) is 25.3 Å². The van der Waals surface area contributed by atoms with Gasteiger partial charge in [0, 0.05) is 18.7 Å². The zero-order valence-corrected chi connectivity index (χ0v) is 11.7. The molecule has 2 rings (SSSR count). The molecule has 1 aromatic rings. The summed E-state index contributed by atoms with van der Waals surface area (Å²) in [6.07, 6.45) is 1.59. The second-order valence-corrected chi connectivity index (χ2v) is 6.23. The number of rotatable bonds is 5. The van der Waals surface area contributed by atoms with E-state index >= 15 is 0 Å². The number of hydrogen-bond donors (Lipinski definition) is 2. The highest BCUT2D eigenvalue weighted by molar-refractivity contribution is 7.90. The number of sulfonamides is 1. The van der Waals surface area contributed by atoms with Crippen LogP contribution in [0.2, 0.25) is 0 Å². The molecule has 0 aliphatic carbocycles. The molecular formula is C13H18N2O3S. The summed E-state index contributed by atoms with van der Waals surface area (Å²) in [6.45, 7) is 2.68. The second kappa shape index (κ2) is 5.71. The van der Waals surface area contributed by atoms with Crippen LogP contribution in [-0.4, -0.2) is 32.5 Å². The molecule has 0 saturated carbocycles. The summed E-state index contributed by atoms with van der Waals surface area (Å²) in [7, 11) is -3.45. The van der Waals surface area contributed by atoms with Crippen LogP contribution in [0.4, 0.5) is 0 Å². The van der Waals surface area contributed by atoms with E-state index in [4.69, 9.17) is 5.11 Å². The van der Waals surface area contributed by atoms with E-state index in [9.17, 15) is 8.42 Å². The van der Waals surface area contributed by atoms with Gasteiger partial charge in [0.2, 0.25) is 0 Å². The zero-order valence-electron chi connectivity index (χ0n) is 10.8. The average Bonchev–Trinajstić information content (AvgIpc) is 2.67. The molecule has 0 bridgehead atoms. The first-order valence-corrected chi connectivity index (χ1v) is 7.84. The first-order valence-electron chi connectivity index (χ1n) is 6.36. The van der Waals surface area contributed by atoms with E-state index in [0.717, 1.165) is 6.42 Å². The Kier molecular flexibility index (Phi) is 4.21. The molecule has 0 fully saturated rings. The predicted molar refractivity (Wildman–Crippen MR) is 73.7 cm³/mol. The quantitative estimate of drug-likeness (QED) is 0.850. The molecule has 0 radical (unpaired) electrons. The third-order valence-electron chi connectivity index (χ3n) is 3.29. The fourth-order valence-electron chi connectivity index (χ4n) is 2.08. The average molecular weight is 282 g/mol. The smallest absolute Gasteiger partial charge is 0.263 e. The van der Waals surface area contributed by atoms with E-state index in [1.807, 2.05) is 6.92 Å². The van der Waals surface area contributed by atoms with Crippen molar-refractivity contribution in [3.05, 3.63) is 29.8 Å². The lowest BCUT2D eigenvalue weighted by Gasteiger charge is -2.10. The van der Waals surface area contributed by atoms with Crippen molar-refractivity contribution in [2.45, 2.75) is 24.7 Å². The van der Waals surface area contributed by atoms with Gasteiger partial charge in [0.05, 0.1) is 4.90 Å². The number of aliphatic imine (C=N–C) groups is 1. The molecule has 2 N–H and O–H groups in total. The molecule has 0 aromatic heterocycles. The first-order chi connectivity index (χ1) is 9.08. The lowest BCUT2D eigenvalue weighted by atomic mass is 10.0. The second-order valence-electron chi connectivity index (χ2n) is 4.58. The fourth-order valence-corrected chi connectivity index (χ4v) is 3.33. The molecule has 6 heteroatoms. The van der Waals surface area contributed by atoms with Crippen molar-refractivity contribution < 1.29 is 13.5 Å². The molecule has 0 spiro atoms. The predicted octanol–water partition coefficient (Wildman–Crippen LogP) is 1.13. The Labute approximate surface area is 113 Å². The molecule has 0 saturated heterocycles. The number of nitrogens with zero attached hydrogens (tertiary/aromatic N) is 1. The Balaban J connectivity index is 2.24. The topological polar surface area (TPSA) is 78.8 Å². The minimum absolute atomic E-state index is 0.131. The molecule has 19 heavy (non-hydrogen) atoms. The Bertz CT molecular complexity index is 581. The van der Waals surface area contributed by atoms with Gasteiger partial charge in [-0.25, -0.2) is 8.42 Å². The maximum Gasteiger partial charge on any atom is 0.263 e. The Hall–Kier alpha value is -1.40. The zero-order chi connectivity index (χ0) is 13.9. The molecule has 1 aliphatic heterocycles. The van der Waals surface area contributed by atoms with Crippen molar-refractivity contribution >= 4 is 15.9 Å². The lowest BCUT2D eigenvalue weighted by Crippen LogP contribution is -2.23. The maximum atomic E-state index is 11.9. The van der Waals surface area contributed by atoms with Crippen LogP contribution < -0.4 is 4.72 Å². The number of benzene rings is 1. The Morgan fingerprint density at radius 1 is 1.37 bits per heavy atom. The summed E-state index contributed by atoms with van der Waals surface area (Å²) >= 11 is 0. The van der Waals surface area contributed by atoms with Gasteiger partial charge >= 0.3 is 0 Å². The minimum atomic E-state index is -3.45. The van der Waals surface area contributed by atoms with Crippen molar-refractivity contribution in [3.8, 4) is 0 Å². The lowest BCUT2D eigenvalue weighted by molar-refractivity contribution is 0.256. The van der Waals surface area contributed by atoms with Crippen LogP contribution in [0, 0.1) is 5.92 Å². The number of fused-ring (bicyclic) bond motifs is 1. The summed E-state index contributed by atoms with van der Waals surface area (Å²) in [5.41, 5.74) is 0.626. The molecule has 104 valence electrons. The van der Waals surface area contributed by atoms with Gasteiger partial charge in [-0.2, -0.15) is 0 Å². The van der Waals surface area contributed by atoms with Crippen molar-refractivity contribution in [3.63, 3.8) is 0 Å². The molecule has 1 atom stereocenters. The third kappa shape index (κ3) is 2.96. The molecule has 0 amide bonds. The highest BCUT2D eigenvalue weighted by atomic mass is 32.2. The summed E-state index contributed by atoms with van der Waals surface area (Å²) < 4.78 is 26.2. The highest BCUT2D eigenvalue weighted by Gasteiger charge is 2.30. The van der Waals surface area contributed by atoms with E-state index in [0.29, 0.717) is 24.4 Å². The van der Waals surface area contributed by atoms with Crippen molar-refractivity contribution in [2.75, 3.05) is 13.2 Å². The van der Waals surface area contributed by atoms with Crippen LogP contribution >= 0.6 is 0 Å². The standard InChI is InChI=1S/C13H18N2O3S/c1-2-10(7-8-16)9-14-13-11-5-3-4-6-12(11)19(17,18)15-13/h3-6,10,16H,2,7-9H2,1H3,(H,14,15). The van der Waals surface area contributed by atoms with Gasteiger partial charge in [0.25, 0.3) is 10.0 Å². The van der Waals surface area contributed by atoms with E-state index in [2.05, 4.69) is 9.71 Å². The van der Waals surface area contributed by atoms with Gasteiger partial charge in [-0.05, 0) is 24.5 Å². The fraction of sp³-hybridized carbons (Fsp3) is 0.462. The number of nitrogens with one attached hydrogen (secondary N) is 1. The van der Waals surface area contributed by atoms with E-state index in [1.54, 1.807) is 24.3 Å². The van der Waals surface area contributed by atoms with Gasteiger partial charge in [-0.15, -0.1) is 0 Å². The number of hydrogen-bond acceptors (Lipinski definition) is 4.